The highest BCUT2D eigenvalue weighted by Crippen LogP contribution is 1.95. The molecule has 0 heterocycles. The Bertz CT molecular complexity index is 364. The van der Waals surface area contributed by atoms with Gasteiger partial charge in [0.05, 0.1) is 0 Å². The summed E-state index contributed by atoms with van der Waals surface area (Å²) in [5.41, 5.74) is 0.731. The van der Waals surface area contributed by atoms with Crippen molar-refractivity contribution in [3.8, 4) is 11.8 Å². The molecule has 0 fully saturated rings. The van der Waals surface area contributed by atoms with Crippen molar-refractivity contribution >= 4 is 0 Å². The number of rotatable bonds is 2. The highest BCUT2D eigenvalue weighted by Gasteiger charge is 2.06. The summed E-state index contributed by atoms with van der Waals surface area (Å²) in [5, 5.41) is 19.1. The maximum atomic E-state index is 10.00. The number of hydrogen-bond acceptors (Lipinski definition) is 3. The highest BCUT2D eigenvalue weighted by atomic mass is 16.6. The Morgan fingerprint density at radius 2 is 2.07 bits per heavy atom. The zero-order valence-corrected chi connectivity index (χ0v) is 7.38. The molecule has 0 aromatic heterocycles. The van der Waals surface area contributed by atoms with Gasteiger partial charge in [0.25, 0.3) is 0 Å². The molecule has 4 heteroatoms. The van der Waals surface area contributed by atoms with Gasteiger partial charge >= 0.3 is 0 Å². The van der Waals surface area contributed by atoms with Crippen molar-refractivity contribution in [1.29, 1.82) is 0 Å². The zero-order valence-electron chi connectivity index (χ0n) is 7.38. The lowest BCUT2D eigenvalue weighted by molar-refractivity contribution is -0.487. The molecular weight excluding hydrogens is 182 g/mol. The van der Waals surface area contributed by atoms with Crippen LogP contribution in [0.25, 0.3) is 0 Å². The lowest BCUT2D eigenvalue weighted by atomic mass is 10.2. The van der Waals surface area contributed by atoms with Crippen LogP contribution in [0.5, 0.6) is 0 Å². The van der Waals surface area contributed by atoms with Crippen LogP contribution in [0.15, 0.2) is 30.3 Å². The standard InChI is InChI=1S/C10H9NO3/c12-10(8-11(13)14)7-6-9-4-2-1-3-5-9/h1-5,10,12H,8H2. The average molecular weight is 191 g/mol. The Labute approximate surface area is 81.3 Å². The fourth-order valence-electron chi connectivity index (χ4n) is 0.875. The van der Waals surface area contributed by atoms with E-state index in [1.165, 1.54) is 0 Å². The summed E-state index contributed by atoms with van der Waals surface area (Å²) in [4.78, 5) is 9.41. The largest absolute Gasteiger partial charge is 0.374 e. The predicted molar refractivity (Wildman–Crippen MR) is 51.2 cm³/mol. The molecular formula is C10H9NO3. The SMILES string of the molecule is O=[N+]([O-])CC(O)C#Cc1ccccc1. The lowest BCUT2D eigenvalue weighted by Crippen LogP contribution is -2.17. The minimum atomic E-state index is -1.20. The van der Waals surface area contributed by atoms with E-state index in [-0.39, 0.29) is 0 Å². The second kappa shape index (κ2) is 5.00. The molecule has 14 heavy (non-hydrogen) atoms. The molecule has 0 aliphatic carbocycles. The maximum absolute atomic E-state index is 10.00. The van der Waals surface area contributed by atoms with Gasteiger partial charge in [0.2, 0.25) is 6.54 Å². The van der Waals surface area contributed by atoms with E-state index >= 15 is 0 Å². The molecule has 1 atom stereocenters. The first kappa shape index (κ1) is 10.2. The molecule has 0 saturated carbocycles. The zero-order chi connectivity index (χ0) is 10.4. The van der Waals surface area contributed by atoms with Gasteiger partial charge in [-0.2, -0.15) is 0 Å². The Morgan fingerprint density at radius 1 is 1.43 bits per heavy atom. The van der Waals surface area contributed by atoms with Gasteiger partial charge in [0, 0.05) is 10.5 Å². The summed E-state index contributed by atoms with van der Waals surface area (Å²) in [7, 11) is 0. The molecule has 0 bridgehead atoms. The fourth-order valence-corrected chi connectivity index (χ4v) is 0.875. The van der Waals surface area contributed by atoms with E-state index in [9.17, 15) is 10.1 Å². The van der Waals surface area contributed by atoms with E-state index < -0.39 is 17.6 Å². The second-order valence-corrected chi connectivity index (χ2v) is 2.67. The number of hydrogen-bond donors (Lipinski definition) is 1. The van der Waals surface area contributed by atoms with Gasteiger partial charge in [-0.1, -0.05) is 30.0 Å². The quantitative estimate of drug-likeness (QED) is 0.424. The molecule has 1 aromatic carbocycles. The van der Waals surface area contributed by atoms with Gasteiger partial charge in [0.15, 0.2) is 6.10 Å². The summed E-state index contributed by atoms with van der Waals surface area (Å²) in [6.45, 7) is -0.542. The molecule has 1 unspecified atom stereocenters. The summed E-state index contributed by atoms with van der Waals surface area (Å²) in [6.07, 6.45) is -1.20. The van der Waals surface area contributed by atoms with E-state index in [2.05, 4.69) is 11.8 Å². The van der Waals surface area contributed by atoms with Gasteiger partial charge in [0.1, 0.15) is 0 Å². The van der Waals surface area contributed by atoms with Gasteiger partial charge in [-0.25, -0.2) is 0 Å². The van der Waals surface area contributed by atoms with Crippen molar-refractivity contribution in [3.63, 3.8) is 0 Å². The third-order valence-corrected chi connectivity index (χ3v) is 1.48. The van der Waals surface area contributed by atoms with Crippen molar-refractivity contribution in [3.05, 3.63) is 46.0 Å². The number of aliphatic hydroxyl groups is 1. The van der Waals surface area contributed by atoms with E-state index in [1.54, 1.807) is 12.1 Å². The van der Waals surface area contributed by atoms with Crippen LogP contribution in [0.3, 0.4) is 0 Å². The molecule has 4 nitrogen and oxygen atoms in total. The van der Waals surface area contributed by atoms with Crippen LogP contribution in [-0.4, -0.2) is 22.7 Å². The van der Waals surface area contributed by atoms with E-state index in [0.717, 1.165) is 5.56 Å². The monoisotopic (exact) mass is 191 g/mol. The van der Waals surface area contributed by atoms with Crippen LogP contribution in [0.1, 0.15) is 5.56 Å². The average Bonchev–Trinajstić information content (AvgIpc) is 2.15. The molecule has 72 valence electrons. The van der Waals surface area contributed by atoms with Crippen LogP contribution in [0.4, 0.5) is 0 Å². The van der Waals surface area contributed by atoms with Gasteiger partial charge in [-0.15, -0.1) is 0 Å². The van der Waals surface area contributed by atoms with Gasteiger partial charge in [-0.3, -0.25) is 10.1 Å². The first-order valence-corrected chi connectivity index (χ1v) is 4.05. The minimum Gasteiger partial charge on any atom is -0.374 e. The summed E-state index contributed by atoms with van der Waals surface area (Å²) >= 11 is 0. The smallest absolute Gasteiger partial charge is 0.240 e. The molecule has 0 spiro atoms. The number of aliphatic hydroxyl groups excluding tert-OH is 1. The molecule has 0 radical (unpaired) electrons. The molecule has 1 N–H and O–H groups in total. The highest BCUT2D eigenvalue weighted by molar-refractivity contribution is 5.34. The van der Waals surface area contributed by atoms with Crippen LogP contribution >= 0.6 is 0 Å². The minimum absolute atomic E-state index is 0.542. The molecule has 0 amide bonds. The van der Waals surface area contributed by atoms with Crippen LogP contribution in [0, 0.1) is 22.0 Å². The van der Waals surface area contributed by atoms with E-state index in [1.807, 2.05) is 18.2 Å². The Morgan fingerprint density at radius 3 is 2.64 bits per heavy atom. The van der Waals surface area contributed by atoms with Crippen molar-refractivity contribution < 1.29 is 10.0 Å². The molecule has 1 aromatic rings. The predicted octanol–water partition coefficient (Wildman–Crippen LogP) is 0.676. The fraction of sp³-hybridized carbons (Fsp3) is 0.200. The molecule has 1 rings (SSSR count). The van der Waals surface area contributed by atoms with Crippen molar-refractivity contribution in [2.75, 3.05) is 6.54 Å². The lowest BCUT2D eigenvalue weighted by Gasteiger charge is -1.94. The first-order chi connectivity index (χ1) is 6.68. The second-order valence-electron chi connectivity index (χ2n) is 2.67. The Balaban J connectivity index is 2.60. The number of nitro groups is 1. The van der Waals surface area contributed by atoms with Gasteiger partial charge in [-0.05, 0) is 12.1 Å². The van der Waals surface area contributed by atoms with Crippen LogP contribution < -0.4 is 0 Å². The topological polar surface area (TPSA) is 63.4 Å². The van der Waals surface area contributed by atoms with Crippen molar-refractivity contribution in [2.24, 2.45) is 0 Å². The number of benzene rings is 1. The van der Waals surface area contributed by atoms with E-state index in [4.69, 9.17) is 5.11 Å². The number of nitrogens with zero attached hydrogens (tertiary/aromatic N) is 1. The summed E-state index contributed by atoms with van der Waals surface area (Å²) < 4.78 is 0. The van der Waals surface area contributed by atoms with E-state index in [0.29, 0.717) is 0 Å². The Kier molecular flexibility index (Phi) is 3.65. The first-order valence-electron chi connectivity index (χ1n) is 4.05. The van der Waals surface area contributed by atoms with Crippen LogP contribution in [-0.2, 0) is 0 Å². The normalized spacial score (nSPS) is 11.2. The summed E-state index contributed by atoms with van der Waals surface area (Å²) in [6, 6.07) is 9.00. The third-order valence-electron chi connectivity index (χ3n) is 1.48. The molecule has 0 saturated heterocycles. The third kappa shape index (κ3) is 3.70. The van der Waals surface area contributed by atoms with Crippen molar-refractivity contribution in [1.82, 2.24) is 0 Å². The molecule has 0 aliphatic heterocycles. The molecule has 0 aliphatic rings. The van der Waals surface area contributed by atoms with Crippen molar-refractivity contribution in [2.45, 2.75) is 6.10 Å². The van der Waals surface area contributed by atoms with Crippen LogP contribution in [0.2, 0.25) is 0 Å². The van der Waals surface area contributed by atoms with Gasteiger partial charge < -0.3 is 5.11 Å². The summed E-state index contributed by atoms with van der Waals surface area (Å²) in [5.74, 6) is 5.04. The maximum Gasteiger partial charge on any atom is 0.240 e. The Hall–Kier alpha value is -1.86.